The number of carboxylic acids is 1. The van der Waals surface area contributed by atoms with E-state index in [1.54, 1.807) is 0 Å². The van der Waals surface area contributed by atoms with Crippen molar-refractivity contribution in [3.05, 3.63) is 78.4 Å². The number of anilines is 1. The Morgan fingerprint density at radius 1 is 0.960 bits per heavy atom. The average molecular weight is 350 g/mol. The maximum atomic E-state index is 11.5. The molecule has 0 saturated heterocycles. The molecule has 0 unspecified atom stereocenters. The fourth-order valence-electron chi connectivity index (χ4n) is 2.64. The molecule has 0 spiro atoms. The molecule has 0 bridgehead atoms. The minimum Gasteiger partial charge on any atom is -0.480 e. The lowest BCUT2D eigenvalue weighted by Gasteiger charge is -2.17. The topological polar surface area (TPSA) is 61.4 Å². The second kappa shape index (κ2) is 7.77. The van der Waals surface area contributed by atoms with Gasteiger partial charge in [-0.3, -0.25) is 0 Å². The molecule has 0 heterocycles. The molecule has 3 aromatic carbocycles. The lowest BCUT2D eigenvalue weighted by atomic mass is 10.1. The Balaban J connectivity index is 1.67. The van der Waals surface area contributed by atoms with Gasteiger partial charge in [0.25, 0.3) is 0 Å². The Morgan fingerprint density at radius 2 is 1.64 bits per heavy atom. The Hall–Kier alpha value is -2.92. The molecule has 0 fully saturated rings. The maximum absolute atomic E-state index is 11.5. The number of rotatable bonds is 5. The van der Waals surface area contributed by atoms with Gasteiger partial charge in [0.15, 0.2) is 5.11 Å². The van der Waals surface area contributed by atoms with Gasteiger partial charge in [-0.2, -0.15) is 0 Å². The van der Waals surface area contributed by atoms with E-state index in [-0.39, 0.29) is 0 Å². The SMILES string of the molecule is O=C(O)[C@H](Cc1ccccc1)NC(=S)Nc1ccc2ccccc2c1. The smallest absolute Gasteiger partial charge is 0.326 e. The molecule has 126 valence electrons. The Bertz CT molecular complexity index is 896. The van der Waals surface area contributed by atoms with Gasteiger partial charge < -0.3 is 15.7 Å². The first-order chi connectivity index (χ1) is 12.1. The van der Waals surface area contributed by atoms with Crippen molar-refractivity contribution in [1.82, 2.24) is 5.32 Å². The summed E-state index contributed by atoms with van der Waals surface area (Å²) >= 11 is 5.28. The maximum Gasteiger partial charge on any atom is 0.326 e. The van der Waals surface area contributed by atoms with E-state index in [2.05, 4.69) is 10.6 Å². The monoisotopic (exact) mass is 350 g/mol. The molecule has 1 atom stereocenters. The quantitative estimate of drug-likeness (QED) is 0.611. The largest absolute Gasteiger partial charge is 0.480 e. The van der Waals surface area contributed by atoms with Crippen LogP contribution in [0.5, 0.6) is 0 Å². The zero-order valence-corrected chi connectivity index (χ0v) is 14.3. The predicted octanol–water partition coefficient (Wildman–Crippen LogP) is 3.82. The van der Waals surface area contributed by atoms with E-state index in [4.69, 9.17) is 12.2 Å². The number of hydrogen-bond acceptors (Lipinski definition) is 2. The number of thiocarbonyl (C=S) groups is 1. The Kier molecular flexibility index (Phi) is 5.26. The van der Waals surface area contributed by atoms with Gasteiger partial charge in [0.1, 0.15) is 6.04 Å². The highest BCUT2D eigenvalue weighted by molar-refractivity contribution is 7.80. The summed E-state index contributed by atoms with van der Waals surface area (Å²) in [4.78, 5) is 11.5. The van der Waals surface area contributed by atoms with Gasteiger partial charge in [-0.1, -0.05) is 60.7 Å². The van der Waals surface area contributed by atoms with E-state index in [1.807, 2.05) is 72.8 Å². The molecule has 3 aromatic rings. The van der Waals surface area contributed by atoms with Crippen LogP contribution < -0.4 is 10.6 Å². The van der Waals surface area contributed by atoms with Gasteiger partial charge >= 0.3 is 5.97 Å². The van der Waals surface area contributed by atoms with Crippen LogP contribution in [0, 0.1) is 0 Å². The van der Waals surface area contributed by atoms with Crippen LogP contribution in [0.1, 0.15) is 5.56 Å². The zero-order chi connectivity index (χ0) is 17.6. The predicted molar refractivity (Wildman–Crippen MR) is 105 cm³/mol. The van der Waals surface area contributed by atoms with Crippen LogP contribution in [-0.2, 0) is 11.2 Å². The highest BCUT2D eigenvalue weighted by Gasteiger charge is 2.18. The van der Waals surface area contributed by atoms with Crippen molar-refractivity contribution in [2.24, 2.45) is 0 Å². The van der Waals surface area contributed by atoms with Crippen LogP contribution in [0.15, 0.2) is 72.8 Å². The van der Waals surface area contributed by atoms with Crippen molar-refractivity contribution in [2.75, 3.05) is 5.32 Å². The van der Waals surface area contributed by atoms with E-state index in [9.17, 15) is 9.90 Å². The number of carboxylic acid groups (broad SMARTS) is 1. The van der Waals surface area contributed by atoms with Crippen molar-refractivity contribution in [3.63, 3.8) is 0 Å². The molecule has 0 aliphatic heterocycles. The van der Waals surface area contributed by atoms with E-state index in [0.717, 1.165) is 22.0 Å². The third-order valence-electron chi connectivity index (χ3n) is 3.89. The number of hydrogen-bond donors (Lipinski definition) is 3. The Morgan fingerprint density at radius 3 is 2.36 bits per heavy atom. The molecule has 0 aromatic heterocycles. The van der Waals surface area contributed by atoms with Crippen LogP contribution in [0.4, 0.5) is 5.69 Å². The lowest BCUT2D eigenvalue weighted by molar-refractivity contribution is -0.139. The van der Waals surface area contributed by atoms with Crippen molar-refractivity contribution < 1.29 is 9.90 Å². The molecule has 3 rings (SSSR count). The molecule has 0 aliphatic carbocycles. The summed E-state index contributed by atoms with van der Waals surface area (Å²) in [5.41, 5.74) is 1.76. The summed E-state index contributed by atoms with van der Waals surface area (Å²) in [6.07, 6.45) is 0.357. The molecule has 3 N–H and O–H groups in total. The number of aliphatic carboxylic acids is 1. The van der Waals surface area contributed by atoms with E-state index in [0.29, 0.717) is 11.5 Å². The minimum absolute atomic E-state index is 0.290. The van der Waals surface area contributed by atoms with Gasteiger partial charge in [-0.25, -0.2) is 4.79 Å². The van der Waals surface area contributed by atoms with Gasteiger partial charge in [0.2, 0.25) is 0 Å². The summed E-state index contributed by atoms with van der Waals surface area (Å²) < 4.78 is 0. The van der Waals surface area contributed by atoms with Crippen molar-refractivity contribution in [2.45, 2.75) is 12.5 Å². The molecule has 0 amide bonds. The highest BCUT2D eigenvalue weighted by Crippen LogP contribution is 2.18. The fourth-order valence-corrected chi connectivity index (χ4v) is 2.90. The highest BCUT2D eigenvalue weighted by atomic mass is 32.1. The third-order valence-corrected chi connectivity index (χ3v) is 4.11. The van der Waals surface area contributed by atoms with Crippen molar-refractivity contribution in [1.29, 1.82) is 0 Å². The standard InChI is InChI=1S/C20H18N2O2S/c23-19(24)18(12-14-6-2-1-3-7-14)22-20(25)21-17-11-10-15-8-4-5-9-16(15)13-17/h1-11,13,18H,12H2,(H,23,24)(H2,21,22,25)/t18-/m0/s1. The van der Waals surface area contributed by atoms with Crippen molar-refractivity contribution in [3.8, 4) is 0 Å². The van der Waals surface area contributed by atoms with Gasteiger partial charge in [0, 0.05) is 12.1 Å². The van der Waals surface area contributed by atoms with Crippen LogP contribution in [0.25, 0.3) is 10.8 Å². The second-order valence-electron chi connectivity index (χ2n) is 5.74. The van der Waals surface area contributed by atoms with Crippen LogP contribution in [-0.4, -0.2) is 22.2 Å². The van der Waals surface area contributed by atoms with Crippen molar-refractivity contribution >= 4 is 39.8 Å². The molecule has 0 aliphatic rings. The number of carbonyl (C=O) groups is 1. The third kappa shape index (κ3) is 4.55. The summed E-state index contributed by atoms with van der Waals surface area (Å²) in [7, 11) is 0. The van der Waals surface area contributed by atoms with Gasteiger partial charge in [-0.05, 0) is 40.7 Å². The summed E-state index contributed by atoms with van der Waals surface area (Å²) in [6.45, 7) is 0. The minimum atomic E-state index is -0.938. The summed E-state index contributed by atoms with van der Waals surface area (Å²) in [5.74, 6) is -0.938. The first kappa shape index (κ1) is 16.9. The van der Waals surface area contributed by atoms with E-state index in [1.165, 1.54) is 0 Å². The zero-order valence-electron chi connectivity index (χ0n) is 13.5. The number of fused-ring (bicyclic) bond motifs is 1. The first-order valence-electron chi connectivity index (χ1n) is 7.95. The fraction of sp³-hybridized carbons (Fsp3) is 0.100. The number of benzene rings is 3. The number of nitrogens with one attached hydrogen (secondary N) is 2. The van der Waals surface area contributed by atoms with E-state index >= 15 is 0 Å². The van der Waals surface area contributed by atoms with Crippen LogP contribution in [0.2, 0.25) is 0 Å². The van der Waals surface area contributed by atoms with E-state index < -0.39 is 12.0 Å². The normalized spacial score (nSPS) is 11.7. The van der Waals surface area contributed by atoms with Crippen LogP contribution >= 0.6 is 12.2 Å². The molecule has 0 radical (unpaired) electrons. The Labute approximate surface area is 151 Å². The van der Waals surface area contributed by atoms with Crippen LogP contribution in [0.3, 0.4) is 0 Å². The average Bonchev–Trinajstić information content (AvgIpc) is 2.62. The summed E-state index contributed by atoms with van der Waals surface area (Å²) in [6, 6.07) is 22.6. The molecular formula is C20H18N2O2S. The van der Waals surface area contributed by atoms with Gasteiger partial charge in [-0.15, -0.1) is 0 Å². The molecule has 4 nitrogen and oxygen atoms in total. The molecular weight excluding hydrogens is 332 g/mol. The summed E-state index contributed by atoms with van der Waals surface area (Å²) in [5, 5.41) is 17.9. The molecule has 5 heteroatoms. The molecule has 0 saturated carbocycles. The lowest BCUT2D eigenvalue weighted by Crippen LogP contribution is -2.44. The second-order valence-corrected chi connectivity index (χ2v) is 6.15. The van der Waals surface area contributed by atoms with Gasteiger partial charge in [0.05, 0.1) is 0 Å². The molecule has 25 heavy (non-hydrogen) atoms. The first-order valence-corrected chi connectivity index (χ1v) is 8.36.